The van der Waals surface area contributed by atoms with E-state index in [1.807, 2.05) is 17.0 Å². The first-order valence-electron chi connectivity index (χ1n) is 9.82. The molecule has 4 rings (SSSR count). The minimum Gasteiger partial charge on any atom is -0.481 e. The maximum atomic E-state index is 12.7. The second kappa shape index (κ2) is 6.89. The van der Waals surface area contributed by atoms with Crippen LogP contribution in [0.2, 0.25) is 0 Å². The molecule has 1 aliphatic carbocycles. The van der Waals surface area contributed by atoms with Crippen LogP contribution in [-0.2, 0) is 4.79 Å². The molecule has 3 fully saturated rings. The lowest BCUT2D eigenvalue weighted by atomic mass is 9.90. The predicted molar refractivity (Wildman–Crippen MR) is 98.2 cm³/mol. The van der Waals surface area contributed by atoms with Gasteiger partial charge in [0.15, 0.2) is 0 Å². The van der Waals surface area contributed by atoms with Crippen molar-refractivity contribution in [1.82, 2.24) is 9.88 Å². The van der Waals surface area contributed by atoms with Gasteiger partial charge in [-0.1, -0.05) is 12.8 Å². The Labute approximate surface area is 154 Å². The number of aromatic nitrogens is 1. The number of carbonyl (C=O) groups excluding carboxylic acids is 1. The molecule has 3 aliphatic rings. The van der Waals surface area contributed by atoms with E-state index in [2.05, 4.69) is 9.88 Å². The summed E-state index contributed by atoms with van der Waals surface area (Å²) >= 11 is 0. The van der Waals surface area contributed by atoms with Gasteiger partial charge in [0.2, 0.25) is 0 Å². The van der Waals surface area contributed by atoms with Crippen LogP contribution < -0.4 is 4.90 Å². The molecule has 2 saturated heterocycles. The number of carbonyl (C=O) groups is 2. The third-order valence-electron chi connectivity index (χ3n) is 6.46. The molecule has 1 amide bonds. The largest absolute Gasteiger partial charge is 0.481 e. The van der Waals surface area contributed by atoms with E-state index in [4.69, 9.17) is 0 Å². The molecule has 3 heterocycles. The highest BCUT2D eigenvalue weighted by Crippen LogP contribution is 2.59. The first-order valence-corrected chi connectivity index (χ1v) is 9.82. The first-order chi connectivity index (χ1) is 12.6. The van der Waals surface area contributed by atoms with Gasteiger partial charge in [0, 0.05) is 32.4 Å². The van der Waals surface area contributed by atoms with Gasteiger partial charge in [0.25, 0.3) is 5.91 Å². The van der Waals surface area contributed by atoms with E-state index >= 15 is 0 Å². The van der Waals surface area contributed by atoms with Crippen LogP contribution >= 0.6 is 0 Å². The number of hydrogen-bond acceptors (Lipinski definition) is 4. The van der Waals surface area contributed by atoms with E-state index in [-0.39, 0.29) is 17.2 Å². The predicted octanol–water partition coefficient (Wildman–Crippen LogP) is 2.79. The number of pyridine rings is 1. The van der Waals surface area contributed by atoms with E-state index in [1.54, 1.807) is 6.20 Å². The summed E-state index contributed by atoms with van der Waals surface area (Å²) in [6.07, 6.45) is 9.05. The molecule has 6 nitrogen and oxygen atoms in total. The number of carboxylic acids is 1. The average Bonchev–Trinajstić information content (AvgIpc) is 3.42. The van der Waals surface area contributed by atoms with Crippen molar-refractivity contribution in [3.8, 4) is 0 Å². The number of rotatable bonds is 3. The van der Waals surface area contributed by atoms with Gasteiger partial charge in [-0.2, -0.15) is 0 Å². The second-order valence-corrected chi connectivity index (χ2v) is 8.06. The highest BCUT2D eigenvalue weighted by molar-refractivity contribution is 5.94. The Balaban J connectivity index is 1.36. The van der Waals surface area contributed by atoms with E-state index in [0.29, 0.717) is 18.7 Å². The monoisotopic (exact) mass is 357 g/mol. The molecule has 0 bridgehead atoms. The first kappa shape index (κ1) is 17.3. The minimum atomic E-state index is -0.682. The van der Waals surface area contributed by atoms with Crippen LogP contribution in [-0.4, -0.2) is 53.0 Å². The Bertz CT molecular complexity index is 672. The molecule has 2 aliphatic heterocycles. The van der Waals surface area contributed by atoms with Crippen molar-refractivity contribution in [3.63, 3.8) is 0 Å². The number of likely N-dealkylation sites (tertiary alicyclic amines) is 1. The highest BCUT2D eigenvalue weighted by atomic mass is 16.4. The quantitative estimate of drug-likeness (QED) is 0.900. The molecule has 1 aromatic heterocycles. The normalized spacial score (nSPS) is 25.0. The fourth-order valence-electron chi connectivity index (χ4n) is 4.59. The zero-order valence-electron chi connectivity index (χ0n) is 15.2. The van der Waals surface area contributed by atoms with Gasteiger partial charge < -0.3 is 14.9 Å². The summed E-state index contributed by atoms with van der Waals surface area (Å²) in [7, 11) is 0. The van der Waals surface area contributed by atoms with E-state index < -0.39 is 5.97 Å². The molecule has 26 heavy (non-hydrogen) atoms. The van der Waals surface area contributed by atoms with E-state index in [1.165, 1.54) is 25.7 Å². The van der Waals surface area contributed by atoms with Crippen molar-refractivity contribution < 1.29 is 14.7 Å². The third-order valence-corrected chi connectivity index (χ3v) is 6.46. The number of nitrogens with zero attached hydrogens (tertiary/aromatic N) is 3. The lowest BCUT2D eigenvalue weighted by molar-refractivity contribution is -0.139. The van der Waals surface area contributed by atoms with Crippen LogP contribution in [0.5, 0.6) is 0 Å². The molecule has 0 aromatic carbocycles. The lowest BCUT2D eigenvalue weighted by Crippen LogP contribution is -2.40. The maximum absolute atomic E-state index is 12.7. The van der Waals surface area contributed by atoms with Gasteiger partial charge in [-0.15, -0.1) is 0 Å². The van der Waals surface area contributed by atoms with Crippen LogP contribution in [0, 0.1) is 11.3 Å². The summed E-state index contributed by atoms with van der Waals surface area (Å²) in [5.41, 5.74) is 0.586. The molecule has 1 unspecified atom stereocenters. The van der Waals surface area contributed by atoms with Crippen molar-refractivity contribution in [2.24, 2.45) is 11.3 Å². The summed E-state index contributed by atoms with van der Waals surface area (Å²) in [4.78, 5) is 32.6. The molecule has 1 atom stereocenters. The number of aliphatic carboxylic acids is 1. The number of piperidine rings is 1. The molecule has 0 radical (unpaired) electrons. The van der Waals surface area contributed by atoms with Crippen LogP contribution in [0.15, 0.2) is 18.3 Å². The zero-order valence-corrected chi connectivity index (χ0v) is 15.2. The standard InChI is InChI=1S/C20H27N3O3/c24-18(23-11-7-20(8-12-23)13-16(20)19(25)26)15-5-6-17(21-14-15)22-9-3-1-2-4-10-22/h5-6,14,16H,1-4,7-13H2,(H,25,26). The van der Waals surface area contributed by atoms with Crippen LogP contribution in [0.25, 0.3) is 0 Å². The van der Waals surface area contributed by atoms with Crippen molar-refractivity contribution in [2.45, 2.75) is 44.9 Å². The molecule has 1 aromatic rings. The fourth-order valence-corrected chi connectivity index (χ4v) is 4.59. The lowest BCUT2D eigenvalue weighted by Gasteiger charge is -2.32. The molecular weight excluding hydrogens is 330 g/mol. The third kappa shape index (κ3) is 3.29. The van der Waals surface area contributed by atoms with Crippen LogP contribution in [0.3, 0.4) is 0 Å². The van der Waals surface area contributed by atoms with Crippen LogP contribution in [0.1, 0.15) is 55.3 Å². The molecular formula is C20H27N3O3. The number of hydrogen-bond donors (Lipinski definition) is 1. The second-order valence-electron chi connectivity index (χ2n) is 8.06. The SMILES string of the molecule is O=C(O)C1CC12CCN(C(=O)c1ccc(N3CCCCCC3)nc1)CC2. The minimum absolute atomic E-state index is 0.0160. The van der Waals surface area contributed by atoms with Gasteiger partial charge in [-0.05, 0) is 49.7 Å². The maximum Gasteiger partial charge on any atom is 0.307 e. The molecule has 1 N–H and O–H groups in total. The van der Waals surface area contributed by atoms with E-state index in [0.717, 1.165) is 38.2 Å². The fraction of sp³-hybridized carbons (Fsp3) is 0.650. The number of carboxylic acid groups (broad SMARTS) is 1. The average molecular weight is 357 g/mol. The summed E-state index contributed by atoms with van der Waals surface area (Å²) in [6, 6.07) is 3.85. The van der Waals surface area contributed by atoms with Crippen molar-refractivity contribution in [3.05, 3.63) is 23.9 Å². The van der Waals surface area contributed by atoms with Crippen molar-refractivity contribution >= 4 is 17.7 Å². The van der Waals surface area contributed by atoms with Gasteiger partial charge >= 0.3 is 5.97 Å². The topological polar surface area (TPSA) is 73.7 Å². The zero-order chi connectivity index (χ0) is 18.1. The van der Waals surface area contributed by atoms with Crippen molar-refractivity contribution in [1.29, 1.82) is 0 Å². The van der Waals surface area contributed by atoms with Gasteiger partial charge in [-0.25, -0.2) is 4.98 Å². The number of amides is 1. The van der Waals surface area contributed by atoms with Crippen molar-refractivity contribution in [2.75, 3.05) is 31.1 Å². The summed E-state index contributed by atoms with van der Waals surface area (Å²) in [5, 5.41) is 9.18. The smallest absolute Gasteiger partial charge is 0.307 e. The molecule has 140 valence electrons. The molecule has 6 heteroatoms. The van der Waals surface area contributed by atoms with E-state index in [9.17, 15) is 14.7 Å². The highest BCUT2D eigenvalue weighted by Gasteiger charge is 2.59. The Kier molecular flexibility index (Phi) is 4.59. The van der Waals surface area contributed by atoms with Crippen LogP contribution in [0.4, 0.5) is 5.82 Å². The summed E-state index contributed by atoms with van der Waals surface area (Å²) in [6.45, 7) is 3.38. The summed E-state index contributed by atoms with van der Waals surface area (Å²) in [5.74, 6) is 0.0954. The van der Waals surface area contributed by atoms with Gasteiger partial charge in [0.05, 0.1) is 11.5 Å². The molecule has 1 spiro atoms. The molecule has 1 saturated carbocycles. The summed E-state index contributed by atoms with van der Waals surface area (Å²) < 4.78 is 0. The Hall–Kier alpha value is -2.11. The Morgan fingerprint density at radius 2 is 1.73 bits per heavy atom. The Morgan fingerprint density at radius 3 is 2.27 bits per heavy atom. The Morgan fingerprint density at radius 1 is 1.04 bits per heavy atom. The van der Waals surface area contributed by atoms with Gasteiger partial charge in [0.1, 0.15) is 5.82 Å². The number of anilines is 1. The van der Waals surface area contributed by atoms with Gasteiger partial charge in [-0.3, -0.25) is 9.59 Å².